The average molecular weight is 470 g/mol. The molecule has 1 amide bonds. The Hall–Kier alpha value is -3.98. The molecule has 0 saturated carbocycles. The molecular weight excluding hydrogens is 444 g/mol. The highest BCUT2D eigenvalue weighted by Crippen LogP contribution is 2.06. The van der Waals surface area contributed by atoms with Crippen LogP contribution in [0.2, 0.25) is 0 Å². The van der Waals surface area contributed by atoms with E-state index in [1.807, 2.05) is 55.5 Å². The minimum atomic E-state index is -3.79. The summed E-state index contributed by atoms with van der Waals surface area (Å²) in [4.78, 5) is 26.1. The van der Waals surface area contributed by atoms with Gasteiger partial charge in [-0.15, -0.1) is 6.58 Å². The van der Waals surface area contributed by atoms with E-state index in [0.717, 1.165) is 23.6 Å². The quantitative estimate of drug-likeness (QED) is 0.551. The predicted octanol–water partition coefficient (Wildman–Crippen LogP) is 3.59. The van der Waals surface area contributed by atoms with Crippen LogP contribution in [-0.2, 0) is 15.1 Å². The maximum atomic E-state index is 11.6. The number of nitrogens with zero attached hydrogens (tertiary/aromatic N) is 1. The van der Waals surface area contributed by atoms with Crippen molar-refractivity contribution in [3.05, 3.63) is 108 Å². The lowest BCUT2D eigenvalue weighted by molar-refractivity contribution is 0.0573. The van der Waals surface area contributed by atoms with Crippen molar-refractivity contribution in [3.63, 3.8) is 0 Å². The van der Waals surface area contributed by atoms with Crippen molar-refractivity contribution in [3.8, 4) is 5.75 Å². The standard InChI is InChI=1S/C11H10NO5S.C7H8O.C6H7N/c1-2-6-18(16,17)12-10(13)8-4-3-5-9(7-8)11(14)15;1-8-7-5-3-2-4-6-7;1-6-4-2-3-5-7-6/h2-5,7H,1,6H2,(H,12,13);2-6H,1H3;2-5H,1H3. The Morgan fingerprint density at radius 2 is 1.64 bits per heavy atom. The molecule has 173 valence electrons. The van der Waals surface area contributed by atoms with Crippen LogP contribution in [0.1, 0.15) is 26.4 Å². The fraction of sp³-hybridized carbons (Fsp3) is 0.125. The average Bonchev–Trinajstić information content (AvgIpc) is 2.80. The second kappa shape index (κ2) is 14.2. The van der Waals surface area contributed by atoms with Gasteiger partial charge in [-0.1, -0.05) is 36.4 Å². The largest absolute Gasteiger partial charge is 0.497 e. The molecule has 0 aliphatic rings. The first-order valence-corrected chi connectivity index (χ1v) is 11.3. The van der Waals surface area contributed by atoms with Gasteiger partial charge in [0, 0.05) is 17.5 Å². The van der Waals surface area contributed by atoms with Crippen molar-refractivity contribution in [2.75, 3.05) is 12.9 Å². The third-order valence-electron chi connectivity index (χ3n) is 3.74. The van der Waals surface area contributed by atoms with Crippen molar-refractivity contribution >= 4 is 21.9 Å². The van der Waals surface area contributed by atoms with Crippen molar-refractivity contribution in [1.29, 1.82) is 0 Å². The third-order valence-corrected chi connectivity index (χ3v) is 4.91. The van der Waals surface area contributed by atoms with Crippen LogP contribution in [-0.4, -0.2) is 38.1 Å². The van der Waals surface area contributed by atoms with E-state index in [-0.39, 0.29) is 11.1 Å². The normalized spacial score (nSPS) is 9.76. The molecule has 0 bridgehead atoms. The number of aryl methyl sites for hydroxylation is 1. The van der Waals surface area contributed by atoms with Crippen LogP contribution in [0.15, 0.2) is 91.6 Å². The van der Waals surface area contributed by atoms with E-state index >= 15 is 0 Å². The van der Waals surface area contributed by atoms with E-state index in [2.05, 4.69) is 11.6 Å². The SMILES string of the molecule is C=CCS(=O)(=O)NC(=O)c1cccc(C([O])=O)c1.COc1ccccc1.Cc1ccccn1. The summed E-state index contributed by atoms with van der Waals surface area (Å²) in [6.07, 6.45) is 2.92. The van der Waals surface area contributed by atoms with Gasteiger partial charge in [-0.3, -0.25) is 9.78 Å². The first kappa shape index (κ1) is 27.1. The summed E-state index contributed by atoms with van der Waals surface area (Å²) in [6, 6.07) is 20.4. The van der Waals surface area contributed by atoms with Gasteiger partial charge >= 0.3 is 5.97 Å². The summed E-state index contributed by atoms with van der Waals surface area (Å²) in [5, 5.41) is 10.6. The molecule has 8 nitrogen and oxygen atoms in total. The van der Waals surface area contributed by atoms with Gasteiger partial charge in [0.2, 0.25) is 10.0 Å². The van der Waals surface area contributed by atoms with Crippen LogP contribution < -0.4 is 9.46 Å². The van der Waals surface area contributed by atoms with Gasteiger partial charge in [0.25, 0.3) is 5.91 Å². The Labute approximate surface area is 193 Å². The summed E-state index contributed by atoms with van der Waals surface area (Å²) in [7, 11) is -2.13. The highest BCUT2D eigenvalue weighted by atomic mass is 32.2. The molecule has 0 aliphatic carbocycles. The molecule has 1 N–H and O–H groups in total. The zero-order valence-corrected chi connectivity index (χ0v) is 19.1. The van der Waals surface area contributed by atoms with Crippen molar-refractivity contribution in [2.45, 2.75) is 6.92 Å². The number of sulfonamides is 1. The maximum absolute atomic E-state index is 11.6. The number of nitrogens with one attached hydrogen (secondary N) is 1. The van der Waals surface area contributed by atoms with Crippen LogP contribution in [0, 0.1) is 6.92 Å². The third kappa shape index (κ3) is 11.3. The zero-order valence-electron chi connectivity index (χ0n) is 18.3. The topological polar surface area (TPSA) is 122 Å². The Balaban J connectivity index is 0.000000295. The molecule has 0 fully saturated rings. The molecule has 0 atom stereocenters. The van der Waals surface area contributed by atoms with Gasteiger partial charge in [0.05, 0.1) is 18.4 Å². The van der Waals surface area contributed by atoms with Gasteiger partial charge < -0.3 is 4.74 Å². The van der Waals surface area contributed by atoms with Crippen LogP contribution in [0.25, 0.3) is 0 Å². The zero-order chi connectivity index (χ0) is 24.7. The number of hydrogen-bond acceptors (Lipinski definition) is 6. The van der Waals surface area contributed by atoms with E-state index in [4.69, 9.17) is 4.74 Å². The number of aromatic nitrogens is 1. The number of methoxy groups -OCH3 is 1. The van der Waals surface area contributed by atoms with Crippen molar-refractivity contribution in [1.82, 2.24) is 9.71 Å². The monoisotopic (exact) mass is 469 g/mol. The first-order chi connectivity index (χ1) is 15.7. The molecule has 33 heavy (non-hydrogen) atoms. The number of carbonyl (C=O) groups excluding carboxylic acids is 2. The number of rotatable bonds is 6. The molecule has 1 radical (unpaired) electrons. The summed E-state index contributed by atoms with van der Waals surface area (Å²) in [5.41, 5.74) is 0.788. The fourth-order valence-electron chi connectivity index (χ4n) is 2.19. The Kier molecular flexibility index (Phi) is 11.6. The molecule has 0 unspecified atom stereocenters. The minimum Gasteiger partial charge on any atom is -0.497 e. The lowest BCUT2D eigenvalue weighted by Crippen LogP contribution is -2.32. The second-order valence-corrected chi connectivity index (χ2v) is 8.12. The number of carbonyl (C=O) groups is 2. The fourth-order valence-corrected chi connectivity index (χ4v) is 2.98. The number of amides is 1. The molecule has 1 heterocycles. The van der Waals surface area contributed by atoms with Gasteiger partial charge in [0.15, 0.2) is 0 Å². The molecule has 9 heteroatoms. The molecule has 1 aromatic heterocycles. The van der Waals surface area contributed by atoms with Crippen LogP contribution in [0.5, 0.6) is 5.75 Å². The Morgan fingerprint density at radius 3 is 2.09 bits per heavy atom. The van der Waals surface area contributed by atoms with E-state index in [1.165, 1.54) is 18.2 Å². The van der Waals surface area contributed by atoms with Gasteiger partial charge in [-0.25, -0.2) is 23.0 Å². The number of hydrogen-bond donors (Lipinski definition) is 1. The highest BCUT2D eigenvalue weighted by Gasteiger charge is 2.16. The lowest BCUT2D eigenvalue weighted by atomic mass is 10.1. The molecule has 2 aromatic carbocycles. The molecular formula is C24H25N2O6S. The number of benzene rings is 2. The van der Waals surface area contributed by atoms with E-state index in [0.29, 0.717) is 0 Å². The molecule has 0 aliphatic heterocycles. The molecule has 0 saturated heterocycles. The molecule has 3 aromatic rings. The second-order valence-electron chi connectivity index (χ2n) is 6.36. The highest BCUT2D eigenvalue weighted by molar-refractivity contribution is 7.90. The van der Waals surface area contributed by atoms with Gasteiger partial charge in [-0.2, -0.15) is 0 Å². The number of pyridine rings is 1. The summed E-state index contributed by atoms with van der Waals surface area (Å²) in [6.45, 7) is 5.22. The predicted molar refractivity (Wildman–Crippen MR) is 125 cm³/mol. The Bertz CT molecular complexity index is 1130. The van der Waals surface area contributed by atoms with Crippen LogP contribution in [0.3, 0.4) is 0 Å². The van der Waals surface area contributed by atoms with Crippen molar-refractivity contribution < 1.29 is 27.9 Å². The minimum absolute atomic E-state index is 0.0793. The van der Waals surface area contributed by atoms with E-state index < -0.39 is 27.7 Å². The summed E-state index contributed by atoms with van der Waals surface area (Å²) < 4.78 is 29.3. The lowest BCUT2D eigenvalue weighted by Gasteiger charge is -2.05. The van der Waals surface area contributed by atoms with E-state index in [9.17, 15) is 23.1 Å². The van der Waals surface area contributed by atoms with Crippen molar-refractivity contribution in [2.24, 2.45) is 0 Å². The molecule has 3 rings (SSSR count). The smallest absolute Gasteiger partial charge is 0.386 e. The maximum Gasteiger partial charge on any atom is 0.386 e. The number of ether oxygens (including phenoxy) is 1. The van der Waals surface area contributed by atoms with Gasteiger partial charge in [-0.05, 0) is 49.4 Å². The van der Waals surface area contributed by atoms with Gasteiger partial charge in [0.1, 0.15) is 5.75 Å². The summed E-state index contributed by atoms with van der Waals surface area (Å²) in [5.74, 6) is -1.84. The van der Waals surface area contributed by atoms with Crippen LogP contribution in [0.4, 0.5) is 0 Å². The van der Waals surface area contributed by atoms with E-state index in [1.54, 1.807) is 18.0 Å². The molecule has 0 spiro atoms. The summed E-state index contributed by atoms with van der Waals surface area (Å²) >= 11 is 0. The first-order valence-electron chi connectivity index (χ1n) is 9.62. The Morgan fingerprint density at radius 1 is 1.00 bits per heavy atom. The van der Waals surface area contributed by atoms with Crippen LogP contribution >= 0.6 is 0 Å². The number of para-hydroxylation sites is 1.